The lowest BCUT2D eigenvalue weighted by atomic mass is 9.84. The zero-order valence-electron chi connectivity index (χ0n) is 20.4. The average Bonchev–Trinajstić information content (AvgIpc) is 3.27. The largest absolute Gasteiger partial charge is 0.497 e. The van der Waals surface area contributed by atoms with Gasteiger partial charge in [-0.2, -0.15) is 0 Å². The Labute approximate surface area is 210 Å². The highest BCUT2D eigenvalue weighted by molar-refractivity contribution is 5.99. The smallest absolute Gasteiger partial charge is 0.323 e. The molecule has 0 unspecified atom stereocenters. The summed E-state index contributed by atoms with van der Waals surface area (Å²) in [6, 6.07) is 12.3. The van der Waals surface area contributed by atoms with E-state index in [-0.39, 0.29) is 36.7 Å². The summed E-state index contributed by atoms with van der Waals surface area (Å²) in [4.78, 5) is 27.3. The fourth-order valence-corrected chi connectivity index (χ4v) is 5.40. The molecule has 0 spiro atoms. The van der Waals surface area contributed by atoms with Gasteiger partial charge in [0, 0.05) is 35.9 Å². The van der Waals surface area contributed by atoms with Crippen molar-refractivity contribution in [1.29, 1.82) is 0 Å². The molecule has 9 nitrogen and oxygen atoms in total. The number of amides is 3. The number of hydrogen-bond acceptors (Lipinski definition) is 6. The second-order valence-electron chi connectivity index (χ2n) is 9.61. The van der Waals surface area contributed by atoms with Gasteiger partial charge in [-0.25, -0.2) is 4.79 Å². The number of methoxy groups -OCH3 is 1. The summed E-state index contributed by atoms with van der Waals surface area (Å²) in [5.74, 6) is 1.51. The minimum Gasteiger partial charge on any atom is -0.497 e. The Morgan fingerprint density at radius 2 is 1.78 bits per heavy atom. The summed E-state index contributed by atoms with van der Waals surface area (Å²) in [5, 5.41) is 15.7. The second-order valence-corrected chi connectivity index (χ2v) is 9.61. The molecule has 9 heteroatoms. The molecule has 3 aliphatic heterocycles. The van der Waals surface area contributed by atoms with Crippen molar-refractivity contribution < 1.29 is 28.9 Å². The van der Waals surface area contributed by atoms with Crippen molar-refractivity contribution in [3.05, 3.63) is 48.0 Å². The van der Waals surface area contributed by atoms with E-state index in [1.165, 1.54) is 6.42 Å². The maximum atomic E-state index is 12.9. The van der Waals surface area contributed by atoms with Gasteiger partial charge < -0.3 is 34.9 Å². The van der Waals surface area contributed by atoms with Crippen molar-refractivity contribution >= 4 is 23.3 Å². The molecule has 2 aromatic carbocycles. The van der Waals surface area contributed by atoms with E-state index in [4.69, 9.17) is 14.2 Å². The van der Waals surface area contributed by atoms with E-state index in [2.05, 4.69) is 10.6 Å². The molecule has 3 N–H and O–H groups in total. The number of piperidine rings is 1. The van der Waals surface area contributed by atoms with Gasteiger partial charge in [-0.15, -0.1) is 0 Å². The Morgan fingerprint density at radius 3 is 2.50 bits per heavy atom. The topological polar surface area (TPSA) is 109 Å². The van der Waals surface area contributed by atoms with Gasteiger partial charge in [0.05, 0.1) is 26.2 Å². The lowest BCUT2D eigenvalue weighted by Crippen LogP contribution is -2.48. The van der Waals surface area contributed by atoms with Crippen LogP contribution in [0.5, 0.6) is 11.5 Å². The van der Waals surface area contributed by atoms with E-state index < -0.39 is 6.10 Å². The molecule has 3 aliphatic rings. The van der Waals surface area contributed by atoms with Crippen molar-refractivity contribution in [2.24, 2.45) is 0 Å². The van der Waals surface area contributed by atoms with Crippen molar-refractivity contribution in [3.8, 4) is 11.5 Å². The lowest BCUT2D eigenvalue weighted by Gasteiger charge is -2.38. The van der Waals surface area contributed by atoms with Crippen LogP contribution in [0.25, 0.3) is 0 Å². The van der Waals surface area contributed by atoms with Crippen molar-refractivity contribution in [2.45, 2.75) is 56.3 Å². The predicted molar refractivity (Wildman–Crippen MR) is 135 cm³/mol. The molecule has 3 heterocycles. The van der Waals surface area contributed by atoms with E-state index in [0.717, 1.165) is 37.2 Å². The first kappa shape index (κ1) is 24.4. The fourth-order valence-electron chi connectivity index (χ4n) is 5.40. The number of ether oxygens (including phenoxy) is 3. The van der Waals surface area contributed by atoms with Crippen LogP contribution in [0, 0.1) is 0 Å². The Balaban J connectivity index is 1.26. The highest BCUT2D eigenvalue weighted by Crippen LogP contribution is 2.47. The number of carbonyl (C=O) groups is 2. The highest BCUT2D eigenvalue weighted by Gasteiger charge is 2.46. The third-order valence-electron chi connectivity index (χ3n) is 7.22. The van der Waals surface area contributed by atoms with Gasteiger partial charge in [0.2, 0.25) is 5.91 Å². The van der Waals surface area contributed by atoms with E-state index in [0.29, 0.717) is 30.0 Å². The maximum Gasteiger partial charge on any atom is 0.323 e. The van der Waals surface area contributed by atoms with Crippen molar-refractivity contribution in [1.82, 2.24) is 4.90 Å². The number of anilines is 2. The Bertz CT molecular complexity index is 1090. The molecule has 4 atom stereocenters. The van der Waals surface area contributed by atoms with E-state index in [1.54, 1.807) is 37.4 Å². The Kier molecular flexibility index (Phi) is 7.29. The summed E-state index contributed by atoms with van der Waals surface area (Å²) in [5.41, 5.74) is 2.24. The molecular weight excluding hydrogens is 462 g/mol. The number of aliphatic hydroxyl groups excluding tert-OH is 1. The number of carbonyl (C=O) groups excluding carboxylic acids is 2. The van der Waals surface area contributed by atoms with Crippen LogP contribution in [0.3, 0.4) is 0 Å². The number of urea groups is 1. The van der Waals surface area contributed by atoms with Gasteiger partial charge in [-0.1, -0.05) is 0 Å². The summed E-state index contributed by atoms with van der Waals surface area (Å²) in [6.45, 7) is 1.43. The Morgan fingerprint density at radius 1 is 1.06 bits per heavy atom. The van der Waals surface area contributed by atoms with Crippen molar-refractivity contribution in [3.63, 3.8) is 0 Å². The molecule has 0 aromatic heterocycles. The van der Waals surface area contributed by atoms with Crippen LogP contribution in [0.1, 0.15) is 43.6 Å². The van der Waals surface area contributed by atoms with Crippen LogP contribution in [0.2, 0.25) is 0 Å². The number of hydrogen-bond donors (Lipinski definition) is 3. The molecule has 0 radical (unpaired) electrons. The minimum absolute atomic E-state index is 0.0311. The first-order valence-corrected chi connectivity index (χ1v) is 12.6. The summed E-state index contributed by atoms with van der Waals surface area (Å²) >= 11 is 0. The molecule has 2 aromatic rings. The number of benzene rings is 2. The summed E-state index contributed by atoms with van der Waals surface area (Å²) in [6.07, 6.45) is 3.06. The van der Waals surface area contributed by atoms with E-state index in [1.807, 2.05) is 17.0 Å². The standard InChI is InChI=1S/C27H33N3O6/c1-34-19-8-5-17(6-9-19)28-27(33)29-18-7-10-23-21(13-18)22-14-20(35-24(16-31)26(22)36-23)15-25(32)30-11-3-2-4-12-30/h5-10,13,20,22,24,26,31H,2-4,11-12,14-16H2,1H3,(H2,28,29,33)/t20-,22+,24+,26-/m1/s1. The average molecular weight is 496 g/mol. The van der Waals surface area contributed by atoms with Gasteiger partial charge in [0.1, 0.15) is 23.7 Å². The van der Waals surface area contributed by atoms with Crippen LogP contribution in [-0.4, -0.2) is 67.1 Å². The first-order valence-electron chi connectivity index (χ1n) is 12.6. The molecule has 192 valence electrons. The molecule has 2 fully saturated rings. The number of fused-ring (bicyclic) bond motifs is 3. The number of rotatable bonds is 6. The third kappa shape index (κ3) is 5.27. The maximum absolute atomic E-state index is 12.9. The Hall–Kier alpha value is -3.30. The number of nitrogens with one attached hydrogen (secondary N) is 2. The molecular formula is C27H33N3O6. The van der Waals surface area contributed by atoms with Gasteiger partial charge in [-0.3, -0.25) is 4.79 Å². The lowest BCUT2D eigenvalue weighted by molar-refractivity contribution is -0.149. The molecule has 36 heavy (non-hydrogen) atoms. The number of nitrogens with zero attached hydrogens (tertiary/aromatic N) is 1. The van der Waals surface area contributed by atoms with Gasteiger partial charge in [0.15, 0.2) is 0 Å². The normalized spacial score (nSPS) is 24.8. The fraction of sp³-hybridized carbons (Fsp3) is 0.481. The monoisotopic (exact) mass is 495 g/mol. The van der Waals surface area contributed by atoms with E-state index in [9.17, 15) is 14.7 Å². The SMILES string of the molecule is COc1ccc(NC(=O)Nc2ccc3c(c2)[C@@H]2C[C@H](CC(=O)N4CCCCC4)O[C@@H](CO)[C@@H]2O3)cc1. The predicted octanol–water partition coefficient (Wildman–Crippen LogP) is 3.74. The first-order chi connectivity index (χ1) is 17.5. The quantitative estimate of drug-likeness (QED) is 0.563. The summed E-state index contributed by atoms with van der Waals surface area (Å²) < 4.78 is 17.4. The van der Waals surface area contributed by atoms with E-state index >= 15 is 0 Å². The molecule has 5 rings (SSSR count). The van der Waals surface area contributed by atoms with Gasteiger partial charge in [-0.05, 0) is 68.1 Å². The van der Waals surface area contributed by atoms with Crippen LogP contribution in [0.15, 0.2) is 42.5 Å². The summed E-state index contributed by atoms with van der Waals surface area (Å²) in [7, 11) is 1.59. The van der Waals surface area contributed by atoms with Gasteiger partial charge >= 0.3 is 6.03 Å². The third-order valence-corrected chi connectivity index (χ3v) is 7.22. The highest BCUT2D eigenvalue weighted by atomic mass is 16.6. The van der Waals surface area contributed by atoms with Crippen LogP contribution in [-0.2, 0) is 9.53 Å². The molecule has 0 bridgehead atoms. The van der Waals surface area contributed by atoms with Crippen LogP contribution in [0.4, 0.5) is 16.2 Å². The number of likely N-dealkylation sites (tertiary alicyclic amines) is 1. The van der Waals surface area contributed by atoms with Crippen molar-refractivity contribution in [2.75, 3.05) is 37.4 Å². The molecule has 2 saturated heterocycles. The minimum atomic E-state index is -0.509. The molecule has 0 aliphatic carbocycles. The number of aliphatic hydroxyl groups is 1. The second kappa shape index (κ2) is 10.8. The zero-order valence-corrected chi connectivity index (χ0v) is 20.4. The van der Waals surface area contributed by atoms with Gasteiger partial charge in [0.25, 0.3) is 0 Å². The molecule has 0 saturated carbocycles. The molecule has 3 amide bonds. The zero-order chi connectivity index (χ0) is 25.1. The van der Waals surface area contributed by atoms with Crippen LogP contribution < -0.4 is 20.1 Å². The van der Waals surface area contributed by atoms with Crippen LogP contribution >= 0.6 is 0 Å².